The monoisotopic (exact) mass is 564 g/mol. The zero-order valence-corrected chi connectivity index (χ0v) is 26.6. The number of carboxylic acids is 1. The smallest absolute Gasteiger partial charge is 0.550 e. The molecule has 3 saturated carbocycles. The van der Waals surface area contributed by atoms with Gasteiger partial charge in [0.05, 0.1) is 6.67 Å². The minimum absolute atomic E-state index is 0. The van der Waals surface area contributed by atoms with E-state index in [4.69, 9.17) is 4.74 Å². The molecule has 8 heteroatoms. The van der Waals surface area contributed by atoms with Gasteiger partial charge in [0.1, 0.15) is 6.10 Å². The van der Waals surface area contributed by atoms with Crippen LogP contribution in [0, 0.1) is 46.3 Å². The Morgan fingerprint density at radius 2 is 1.76 bits per heavy atom. The Kier molecular flexibility index (Phi) is 11.9. The van der Waals surface area contributed by atoms with Crippen molar-refractivity contribution in [3.05, 3.63) is 11.6 Å². The summed E-state index contributed by atoms with van der Waals surface area (Å²) < 4.78 is 5.73. The maximum absolute atomic E-state index is 12.4. The largest absolute Gasteiger partial charge is 1.00 e. The van der Waals surface area contributed by atoms with Crippen molar-refractivity contribution < 1.29 is 43.1 Å². The molecule has 0 bridgehead atoms. The van der Waals surface area contributed by atoms with Gasteiger partial charge in [-0.05, 0) is 97.7 Å². The Morgan fingerprint density at radius 3 is 2.46 bits per heavy atom. The number of rotatable bonds is 11. The number of carbonyl (C=O) groups is 3. The van der Waals surface area contributed by atoms with Gasteiger partial charge in [-0.2, -0.15) is 0 Å². The van der Waals surface area contributed by atoms with Crippen LogP contribution in [-0.2, 0) is 14.3 Å². The third-order valence-corrected chi connectivity index (χ3v) is 11.6. The Bertz CT molecular complexity index is 969. The topological polar surface area (TPSA) is 108 Å². The summed E-state index contributed by atoms with van der Waals surface area (Å²) >= 11 is 0. The van der Waals surface area contributed by atoms with E-state index in [2.05, 4.69) is 51.3 Å². The number of hydrogen-bond donors (Lipinski definition) is 2. The van der Waals surface area contributed by atoms with Crippen LogP contribution in [-0.4, -0.2) is 30.7 Å². The van der Waals surface area contributed by atoms with E-state index in [1.165, 1.54) is 56.9 Å². The zero-order chi connectivity index (χ0) is 29.1. The van der Waals surface area contributed by atoms with Crippen molar-refractivity contribution in [3.8, 4) is 0 Å². The minimum Gasteiger partial charge on any atom is -0.550 e. The predicted molar refractivity (Wildman–Crippen MR) is 154 cm³/mol. The molecule has 4 aliphatic rings. The maximum atomic E-state index is 12.4. The second-order valence-corrected chi connectivity index (χ2v) is 14.4. The number of hydrogen-bond acceptors (Lipinski definition) is 5. The van der Waals surface area contributed by atoms with Gasteiger partial charge < -0.3 is 25.3 Å². The second-order valence-electron chi connectivity index (χ2n) is 14.4. The number of allylic oxidation sites excluding steroid dienone is 1. The number of ether oxygens (including phenoxy) is 1. The number of nitrogens with one attached hydrogen (secondary N) is 2. The quantitative estimate of drug-likeness (QED) is 0.228. The summed E-state index contributed by atoms with van der Waals surface area (Å²) in [4.78, 5) is 34.5. The van der Waals surface area contributed by atoms with Gasteiger partial charge in [-0.25, -0.2) is 4.79 Å². The molecule has 2 amide bonds. The molecule has 226 valence electrons. The Hall–Kier alpha value is -1.45. The standard InChI is InChI=1S/C33H54N2O5.Li/c1-21(2)7-6-8-22(3)26-11-12-27-25-10-9-23-19-24(15-17-32(23,4)28(25)16-18-33(26,27)5)40-31(39)35-20-34-29(36)13-14-30(37)38;/h9,21-22,24-28H,6-8,10-20H2,1-5H3,(H,34,36)(H,35,39)(H,37,38);/q;+1/p-1/t22-,24+,25?,26-,27?,28?,32+,33-;/m0./s1. The predicted octanol–water partition coefficient (Wildman–Crippen LogP) is 2.73. The van der Waals surface area contributed by atoms with Crippen molar-refractivity contribution in [2.24, 2.45) is 46.3 Å². The first-order chi connectivity index (χ1) is 18.9. The van der Waals surface area contributed by atoms with Crippen LogP contribution in [0.5, 0.6) is 0 Å². The van der Waals surface area contributed by atoms with Gasteiger partial charge in [0.15, 0.2) is 0 Å². The molecule has 7 nitrogen and oxygen atoms in total. The number of carbonyl (C=O) groups excluding carboxylic acids is 3. The number of alkyl carbamates (subject to hydrolysis) is 1. The van der Waals surface area contributed by atoms with Gasteiger partial charge in [-0.15, -0.1) is 0 Å². The molecule has 0 aromatic heterocycles. The van der Waals surface area contributed by atoms with Crippen LogP contribution in [0.2, 0.25) is 0 Å². The summed E-state index contributed by atoms with van der Waals surface area (Å²) in [5.41, 5.74) is 2.17. The Labute approximate surface area is 259 Å². The fourth-order valence-corrected chi connectivity index (χ4v) is 9.46. The van der Waals surface area contributed by atoms with E-state index in [9.17, 15) is 19.5 Å². The average Bonchev–Trinajstić information content (AvgIpc) is 3.24. The van der Waals surface area contributed by atoms with Gasteiger partial charge in [0.25, 0.3) is 0 Å². The number of fused-ring (bicyclic) bond motifs is 5. The molecule has 3 fully saturated rings. The van der Waals surface area contributed by atoms with Gasteiger partial charge in [-0.1, -0.05) is 65.5 Å². The summed E-state index contributed by atoms with van der Waals surface area (Å²) in [5, 5.41) is 15.5. The molecule has 0 spiro atoms. The molecule has 0 radical (unpaired) electrons. The summed E-state index contributed by atoms with van der Waals surface area (Å²) in [5.74, 6) is 3.11. The Morgan fingerprint density at radius 1 is 1.00 bits per heavy atom. The first-order valence-electron chi connectivity index (χ1n) is 16.0. The van der Waals surface area contributed by atoms with E-state index >= 15 is 0 Å². The average molecular weight is 565 g/mol. The van der Waals surface area contributed by atoms with E-state index in [1.807, 2.05) is 0 Å². The van der Waals surface area contributed by atoms with E-state index in [0.717, 1.165) is 54.8 Å². The second kappa shape index (κ2) is 14.3. The number of amides is 2. The van der Waals surface area contributed by atoms with Crippen molar-refractivity contribution in [1.29, 1.82) is 0 Å². The van der Waals surface area contributed by atoms with Gasteiger partial charge in [0, 0.05) is 18.8 Å². The summed E-state index contributed by atoms with van der Waals surface area (Å²) in [6.07, 6.45) is 14.8. The molecule has 0 saturated heterocycles. The van der Waals surface area contributed by atoms with Crippen molar-refractivity contribution in [2.75, 3.05) is 6.67 Å². The van der Waals surface area contributed by atoms with Gasteiger partial charge in [-0.3, -0.25) is 4.79 Å². The van der Waals surface area contributed by atoms with Crippen LogP contribution in [0.4, 0.5) is 4.79 Å². The van der Waals surface area contributed by atoms with Crippen molar-refractivity contribution in [3.63, 3.8) is 0 Å². The molecule has 0 aromatic rings. The van der Waals surface area contributed by atoms with E-state index in [0.29, 0.717) is 5.41 Å². The molecule has 2 N–H and O–H groups in total. The molecular formula is C33H53LiN2O5. The zero-order valence-electron chi connectivity index (χ0n) is 26.6. The van der Waals surface area contributed by atoms with Crippen molar-refractivity contribution >= 4 is 18.0 Å². The van der Waals surface area contributed by atoms with Crippen molar-refractivity contribution in [1.82, 2.24) is 10.6 Å². The molecule has 0 aliphatic heterocycles. The molecule has 4 aliphatic carbocycles. The van der Waals surface area contributed by atoms with Crippen LogP contribution in [0.1, 0.15) is 118 Å². The van der Waals surface area contributed by atoms with E-state index < -0.39 is 18.0 Å². The summed E-state index contributed by atoms with van der Waals surface area (Å²) in [7, 11) is 0. The molecule has 0 aromatic carbocycles. The first kappa shape index (κ1) is 34.0. The first-order valence-corrected chi connectivity index (χ1v) is 16.0. The molecule has 0 heterocycles. The van der Waals surface area contributed by atoms with Gasteiger partial charge >= 0.3 is 25.0 Å². The molecule has 4 rings (SSSR count). The Balaban J connectivity index is 0.00000462. The maximum Gasteiger partial charge on any atom is 1.00 e. The number of carboxylic acid groups (broad SMARTS) is 1. The summed E-state index contributed by atoms with van der Waals surface area (Å²) in [6.45, 7) is 12.3. The molecular weight excluding hydrogens is 511 g/mol. The van der Waals surface area contributed by atoms with Crippen LogP contribution in [0.15, 0.2) is 11.6 Å². The normalized spacial score (nSPS) is 34.7. The van der Waals surface area contributed by atoms with E-state index in [-0.39, 0.29) is 49.9 Å². The molecule has 8 atom stereocenters. The fraction of sp³-hybridized carbons (Fsp3) is 0.848. The SMILES string of the molecule is CC(C)CCC[C@H](C)[C@@H]1CCC2C3CC=C4C[C@H](OC(=O)NCNC(=O)CCC(=O)[O-])CC[C@@]4(C)C3CC[C@]21C.[Li+]. The molecule has 41 heavy (non-hydrogen) atoms. The van der Waals surface area contributed by atoms with Gasteiger partial charge in [0.2, 0.25) is 5.91 Å². The number of aliphatic carboxylic acids is 1. The third kappa shape index (κ3) is 7.74. The van der Waals surface area contributed by atoms with Crippen LogP contribution >= 0.6 is 0 Å². The fourth-order valence-electron chi connectivity index (χ4n) is 9.46. The van der Waals surface area contributed by atoms with Crippen LogP contribution < -0.4 is 34.6 Å². The van der Waals surface area contributed by atoms with E-state index in [1.54, 1.807) is 0 Å². The van der Waals surface area contributed by atoms with Crippen molar-refractivity contribution in [2.45, 2.75) is 124 Å². The third-order valence-electron chi connectivity index (χ3n) is 11.6. The molecule has 3 unspecified atom stereocenters. The van der Waals surface area contributed by atoms with Crippen LogP contribution in [0.3, 0.4) is 0 Å². The van der Waals surface area contributed by atoms with Crippen LogP contribution in [0.25, 0.3) is 0 Å². The summed E-state index contributed by atoms with van der Waals surface area (Å²) in [6, 6.07) is 0. The minimum atomic E-state index is -1.27.